The van der Waals surface area contributed by atoms with Crippen LogP contribution < -0.4 is 20.9 Å². The fourth-order valence-corrected chi connectivity index (χ4v) is 1.44. The molecular formula is C14H21N3O3. The second-order valence-corrected chi connectivity index (χ2v) is 4.39. The third-order valence-corrected chi connectivity index (χ3v) is 2.49. The summed E-state index contributed by atoms with van der Waals surface area (Å²) < 4.78 is 5.30. The highest BCUT2D eigenvalue weighted by Crippen LogP contribution is 2.11. The Hall–Kier alpha value is -2.24. The van der Waals surface area contributed by atoms with Gasteiger partial charge >= 0.3 is 6.03 Å². The fourth-order valence-electron chi connectivity index (χ4n) is 1.44. The van der Waals surface area contributed by atoms with Gasteiger partial charge < -0.3 is 10.1 Å². The van der Waals surface area contributed by atoms with Gasteiger partial charge in [-0.2, -0.15) is 0 Å². The van der Waals surface area contributed by atoms with Crippen LogP contribution in [0.15, 0.2) is 24.3 Å². The molecule has 0 saturated carbocycles. The van der Waals surface area contributed by atoms with Gasteiger partial charge in [0.1, 0.15) is 5.75 Å². The SMILES string of the molecule is CCCCNC(=O)NNC(=O)COc1cccc(C)c1. The summed E-state index contributed by atoms with van der Waals surface area (Å²) in [5, 5.41) is 2.61. The van der Waals surface area contributed by atoms with Crippen molar-refractivity contribution in [2.45, 2.75) is 26.7 Å². The Kier molecular flexibility index (Phi) is 6.95. The van der Waals surface area contributed by atoms with Gasteiger partial charge in [-0.15, -0.1) is 0 Å². The van der Waals surface area contributed by atoms with Crippen LogP contribution in [-0.4, -0.2) is 25.1 Å². The second kappa shape index (κ2) is 8.79. The molecule has 0 aliphatic rings. The maximum atomic E-state index is 11.5. The van der Waals surface area contributed by atoms with Crippen LogP contribution in [0.25, 0.3) is 0 Å². The highest BCUT2D eigenvalue weighted by molar-refractivity contribution is 5.81. The van der Waals surface area contributed by atoms with Gasteiger partial charge in [0.15, 0.2) is 6.61 Å². The summed E-state index contributed by atoms with van der Waals surface area (Å²) in [4.78, 5) is 22.7. The number of hydrogen-bond donors (Lipinski definition) is 3. The first-order valence-corrected chi connectivity index (χ1v) is 6.64. The molecule has 0 heterocycles. The van der Waals surface area contributed by atoms with Gasteiger partial charge in [-0.05, 0) is 31.0 Å². The molecule has 0 atom stereocenters. The van der Waals surface area contributed by atoms with E-state index in [0.717, 1.165) is 18.4 Å². The van der Waals surface area contributed by atoms with Crippen molar-refractivity contribution in [1.82, 2.24) is 16.2 Å². The van der Waals surface area contributed by atoms with Crippen LogP contribution in [-0.2, 0) is 4.79 Å². The number of hydrogen-bond acceptors (Lipinski definition) is 3. The normalized spacial score (nSPS) is 9.70. The lowest BCUT2D eigenvalue weighted by Gasteiger charge is -2.09. The van der Waals surface area contributed by atoms with Crippen molar-refractivity contribution in [2.75, 3.05) is 13.2 Å². The highest BCUT2D eigenvalue weighted by atomic mass is 16.5. The van der Waals surface area contributed by atoms with Crippen LogP contribution in [0.1, 0.15) is 25.3 Å². The summed E-state index contributed by atoms with van der Waals surface area (Å²) in [6, 6.07) is 6.96. The van der Waals surface area contributed by atoms with Crippen LogP contribution in [0.2, 0.25) is 0 Å². The van der Waals surface area contributed by atoms with E-state index in [1.807, 2.05) is 32.0 Å². The van der Waals surface area contributed by atoms with Crippen molar-refractivity contribution in [2.24, 2.45) is 0 Å². The van der Waals surface area contributed by atoms with E-state index in [1.165, 1.54) is 0 Å². The molecule has 0 fully saturated rings. The smallest absolute Gasteiger partial charge is 0.333 e. The van der Waals surface area contributed by atoms with Crippen molar-refractivity contribution in [3.63, 3.8) is 0 Å². The van der Waals surface area contributed by atoms with E-state index in [0.29, 0.717) is 12.3 Å². The molecule has 0 aliphatic carbocycles. The largest absolute Gasteiger partial charge is 0.484 e. The van der Waals surface area contributed by atoms with Gasteiger partial charge in [-0.3, -0.25) is 10.2 Å². The molecule has 6 heteroatoms. The third-order valence-electron chi connectivity index (χ3n) is 2.49. The fraction of sp³-hybridized carbons (Fsp3) is 0.429. The van der Waals surface area contributed by atoms with Crippen molar-refractivity contribution in [1.29, 1.82) is 0 Å². The quantitative estimate of drug-likeness (QED) is 0.545. The zero-order valence-corrected chi connectivity index (χ0v) is 11.9. The number of rotatable bonds is 6. The lowest BCUT2D eigenvalue weighted by molar-refractivity contribution is -0.123. The zero-order valence-electron chi connectivity index (χ0n) is 11.9. The van der Waals surface area contributed by atoms with Crippen molar-refractivity contribution in [3.05, 3.63) is 29.8 Å². The molecule has 1 aromatic rings. The molecule has 3 amide bonds. The van der Waals surface area contributed by atoms with Gasteiger partial charge in [0.25, 0.3) is 5.91 Å². The first kappa shape index (κ1) is 15.8. The Morgan fingerprint density at radius 1 is 1.25 bits per heavy atom. The second-order valence-electron chi connectivity index (χ2n) is 4.39. The predicted molar refractivity (Wildman–Crippen MR) is 76.3 cm³/mol. The summed E-state index contributed by atoms with van der Waals surface area (Å²) in [6.45, 7) is 4.40. The first-order valence-electron chi connectivity index (χ1n) is 6.64. The lowest BCUT2D eigenvalue weighted by atomic mass is 10.2. The van der Waals surface area contributed by atoms with E-state index in [2.05, 4.69) is 16.2 Å². The average molecular weight is 279 g/mol. The highest BCUT2D eigenvalue weighted by Gasteiger charge is 2.04. The molecule has 20 heavy (non-hydrogen) atoms. The van der Waals surface area contributed by atoms with Crippen LogP contribution in [0.5, 0.6) is 5.75 Å². The number of nitrogens with one attached hydrogen (secondary N) is 3. The number of benzene rings is 1. The number of hydrazine groups is 1. The molecule has 0 saturated heterocycles. The average Bonchev–Trinajstić information content (AvgIpc) is 2.43. The minimum Gasteiger partial charge on any atom is -0.484 e. The van der Waals surface area contributed by atoms with Crippen LogP contribution in [0.3, 0.4) is 0 Å². The monoisotopic (exact) mass is 279 g/mol. The molecule has 0 bridgehead atoms. The third kappa shape index (κ3) is 6.63. The molecule has 3 N–H and O–H groups in total. The van der Waals surface area contributed by atoms with Crippen molar-refractivity contribution >= 4 is 11.9 Å². The van der Waals surface area contributed by atoms with E-state index in [4.69, 9.17) is 4.74 Å². The molecule has 0 aromatic heterocycles. The van der Waals surface area contributed by atoms with E-state index >= 15 is 0 Å². The van der Waals surface area contributed by atoms with Crippen LogP contribution >= 0.6 is 0 Å². The Morgan fingerprint density at radius 3 is 2.75 bits per heavy atom. The van der Waals surface area contributed by atoms with E-state index < -0.39 is 11.9 Å². The maximum Gasteiger partial charge on any atom is 0.333 e. The molecule has 1 rings (SSSR count). The number of urea groups is 1. The van der Waals surface area contributed by atoms with E-state index in [1.54, 1.807) is 6.07 Å². The number of carbonyl (C=O) groups is 2. The topological polar surface area (TPSA) is 79.5 Å². The maximum absolute atomic E-state index is 11.5. The molecular weight excluding hydrogens is 258 g/mol. The Morgan fingerprint density at radius 2 is 2.05 bits per heavy atom. The number of unbranched alkanes of at least 4 members (excludes halogenated alkanes) is 1. The van der Waals surface area contributed by atoms with Crippen LogP contribution in [0, 0.1) is 6.92 Å². The molecule has 0 aliphatic heterocycles. The number of aryl methyl sites for hydroxylation is 1. The summed E-state index contributed by atoms with van der Waals surface area (Å²) in [5.74, 6) is 0.199. The van der Waals surface area contributed by atoms with E-state index in [-0.39, 0.29) is 6.61 Å². The van der Waals surface area contributed by atoms with Crippen molar-refractivity contribution < 1.29 is 14.3 Å². The number of amides is 3. The van der Waals surface area contributed by atoms with Gasteiger partial charge in [-0.1, -0.05) is 25.5 Å². The van der Waals surface area contributed by atoms with Gasteiger partial charge in [0.2, 0.25) is 0 Å². The summed E-state index contributed by atoms with van der Waals surface area (Å²) in [6.07, 6.45) is 1.90. The predicted octanol–water partition coefficient (Wildman–Crippen LogP) is 1.50. The van der Waals surface area contributed by atoms with Crippen LogP contribution in [0.4, 0.5) is 4.79 Å². The summed E-state index contributed by atoms with van der Waals surface area (Å²) >= 11 is 0. The van der Waals surface area contributed by atoms with Gasteiger partial charge in [0, 0.05) is 6.54 Å². The molecule has 0 spiro atoms. The van der Waals surface area contributed by atoms with Gasteiger partial charge in [-0.25, -0.2) is 10.2 Å². The Labute approximate surface area is 118 Å². The Balaban J connectivity index is 2.19. The number of carbonyl (C=O) groups excluding carboxylic acids is 2. The zero-order chi connectivity index (χ0) is 14.8. The molecule has 6 nitrogen and oxygen atoms in total. The molecule has 0 unspecified atom stereocenters. The Bertz CT molecular complexity index is 449. The number of ether oxygens (including phenoxy) is 1. The first-order chi connectivity index (χ1) is 9.61. The summed E-state index contributed by atoms with van der Waals surface area (Å²) in [5.41, 5.74) is 5.58. The molecule has 1 aromatic carbocycles. The standard InChI is InChI=1S/C14H21N3O3/c1-3-4-8-15-14(19)17-16-13(18)10-20-12-7-5-6-11(2)9-12/h5-7,9H,3-4,8,10H2,1-2H3,(H,16,18)(H2,15,17,19). The molecule has 0 radical (unpaired) electrons. The minimum atomic E-state index is -0.428. The minimum absolute atomic E-state index is 0.154. The van der Waals surface area contributed by atoms with E-state index in [9.17, 15) is 9.59 Å². The summed E-state index contributed by atoms with van der Waals surface area (Å²) in [7, 11) is 0. The lowest BCUT2D eigenvalue weighted by Crippen LogP contribution is -2.48. The van der Waals surface area contributed by atoms with Gasteiger partial charge in [0.05, 0.1) is 0 Å². The molecule has 110 valence electrons. The van der Waals surface area contributed by atoms with Crippen molar-refractivity contribution in [3.8, 4) is 5.75 Å².